The van der Waals surface area contributed by atoms with E-state index in [1.807, 2.05) is 0 Å². The molecule has 0 N–H and O–H groups in total. The standard InChI is InChI=1S/C10H14O4P/c1-4-14-15(11)8-5-6-9(12-2)10(7-8)13-3/h5-7H,4H2,1-3H3/q+1. The van der Waals surface area contributed by atoms with Crippen LogP contribution in [0.25, 0.3) is 0 Å². The lowest BCUT2D eigenvalue weighted by Gasteiger charge is -2.05. The van der Waals surface area contributed by atoms with Gasteiger partial charge in [-0.15, -0.1) is 4.52 Å². The Morgan fingerprint density at radius 1 is 1.20 bits per heavy atom. The Labute approximate surface area is 90.0 Å². The van der Waals surface area contributed by atoms with E-state index in [9.17, 15) is 4.57 Å². The van der Waals surface area contributed by atoms with Crippen molar-refractivity contribution in [1.82, 2.24) is 0 Å². The number of hydrogen-bond donors (Lipinski definition) is 0. The van der Waals surface area contributed by atoms with Gasteiger partial charge in [0, 0.05) is 6.07 Å². The van der Waals surface area contributed by atoms with Gasteiger partial charge in [-0.05, 0) is 23.6 Å². The lowest BCUT2D eigenvalue weighted by atomic mass is 10.3. The fourth-order valence-electron chi connectivity index (χ4n) is 1.13. The third kappa shape index (κ3) is 2.91. The molecule has 1 aromatic rings. The second-order valence-electron chi connectivity index (χ2n) is 2.71. The topological polar surface area (TPSA) is 44.8 Å². The van der Waals surface area contributed by atoms with Gasteiger partial charge in [0.2, 0.25) is 5.30 Å². The molecule has 82 valence electrons. The lowest BCUT2D eigenvalue weighted by Crippen LogP contribution is -2.01. The second-order valence-corrected chi connectivity index (χ2v) is 4.00. The van der Waals surface area contributed by atoms with Crippen LogP contribution >= 0.6 is 8.03 Å². The van der Waals surface area contributed by atoms with Crippen LogP contribution in [0.3, 0.4) is 0 Å². The van der Waals surface area contributed by atoms with Gasteiger partial charge in [-0.2, -0.15) is 0 Å². The molecule has 0 bridgehead atoms. The highest BCUT2D eigenvalue weighted by Crippen LogP contribution is 2.29. The van der Waals surface area contributed by atoms with Crippen molar-refractivity contribution in [2.45, 2.75) is 6.92 Å². The normalized spacial score (nSPS) is 11.0. The molecule has 0 spiro atoms. The maximum atomic E-state index is 11.5. The first kappa shape index (κ1) is 12.0. The third-order valence-electron chi connectivity index (χ3n) is 1.82. The molecule has 0 radical (unpaired) electrons. The number of methoxy groups -OCH3 is 2. The quantitative estimate of drug-likeness (QED) is 0.725. The van der Waals surface area contributed by atoms with Crippen LogP contribution in [-0.4, -0.2) is 20.8 Å². The van der Waals surface area contributed by atoms with Crippen molar-refractivity contribution in [3.05, 3.63) is 18.2 Å². The monoisotopic (exact) mass is 229 g/mol. The van der Waals surface area contributed by atoms with Gasteiger partial charge >= 0.3 is 8.03 Å². The van der Waals surface area contributed by atoms with E-state index < -0.39 is 8.03 Å². The fourth-order valence-corrected chi connectivity index (χ4v) is 1.93. The summed E-state index contributed by atoms with van der Waals surface area (Å²) in [4.78, 5) is 0. The van der Waals surface area contributed by atoms with E-state index in [0.29, 0.717) is 23.4 Å². The van der Waals surface area contributed by atoms with Crippen molar-refractivity contribution in [1.29, 1.82) is 0 Å². The van der Waals surface area contributed by atoms with Crippen LogP contribution < -0.4 is 14.8 Å². The summed E-state index contributed by atoms with van der Waals surface area (Å²) in [6.07, 6.45) is 0. The molecule has 0 fully saturated rings. The van der Waals surface area contributed by atoms with Crippen molar-refractivity contribution in [2.75, 3.05) is 20.8 Å². The van der Waals surface area contributed by atoms with E-state index >= 15 is 0 Å². The summed E-state index contributed by atoms with van der Waals surface area (Å²) in [5.41, 5.74) is 0. The smallest absolute Gasteiger partial charge is 0.493 e. The van der Waals surface area contributed by atoms with Crippen LogP contribution in [0.5, 0.6) is 11.5 Å². The van der Waals surface area contributed by atoms with Gasteiger partial charge in [0.15, 0.2) is 11.5 Å². The van der Waals surface area contributed by atoms with Crippen molar-refractivity contribution in [3.8, 4) is 11.5 Å². The van der Waals surface area contributed by atoms with Gasteiger partial charge in [0.05, 0.1) is 14.2 Å². The maximum Gasteiger partial charge on any atom is 0.548 e. The minimum atomic E-state index is -1.80. The Hall–Kier alpha value is -1.12. The van der Waals surface area contributed by atoms with E-state index in [-0.39, 0.29) is 0 Å². The minimum Gasteiger partial charge on any atom is -0.493 e. The Morgan fingerprint density at radius 2 is 1.87 bits per heavy atom. The molecule has 0 aliphatic heterocycles. The molecule has 0 heterocycles. The summed E-state index contributed by atoms with van der Waals surface area (Å²) in [6, 6.07) is 5.07. The first-order valence-electron chi connectivity index (χ1n) is 4.55. The molecule has 0 aliphatic rings. The summed E-state index contributed by atoms with van der Waals surface area (Å²) in [7, 11) is 1.29. The van der Waals surface area contributed by atoms with E-state index in [2.05, 4.69) is 0 Å². The third-order valence-corrected chi connectivity index (χ3v) is 3.02. The first-order chi connectivity index (χ1) is 7.22. The summed E-state index contributed by atoms with van der Waals surface area (Å²) in [6.45, 7) is 2.22. The molecule has 0 saturated heterocycles. The average Bonchev–Trinajstić information content (AvgIpc) is 2.28. The molecule has 15 heavy (non-hydrogen) atoms. The summed E-state index contributed by atoms with van der Waals surface area (Å²) < 4.78 is 26.7. The van der Waals surface area contributed by atoms with Gasteiger partial charge in [-0.1, -0.05) is 0 Å². The average molecular weight is 229 g/mol. The Bertz CT molecular complexity index is 351. The predicted octanol–water partition coefficient (Wildman–Crippen LogP) is 2.11. The van der Waals surface area contributed by atoms with E-state index in [0.717, 1.165) is 0 Å². The number of benzene rings is 1. The molecule has 0 aromatic heterocycles. The number of rotatable bonds is 5. The van der Waals surface area contributed by atoms with Crippen LogP contribution in [0.2, 0.25) is 0 Å². The summed E-state index contributed by atoms with van der Waals surface area (Å²) >= 11 is 0. The maximum absolute atomic E-state index is 11.5. The Kier molecular flexibility index (Phi) is 4.53. The largest absolute Gasteiger partial charge is 0.548 e. The van der Waals surface area contributed by atoms with Crippen molar-refractivity contribution < 1.29 is 18.6 Å². The van der Waals surface area contributed by atoms with Crippen molar-refractivity contribution >= 4 is 13.3 Å². The summed E-state index contributed by atoms with van der Waals surface area (Å²) in [5, 5.41) is 0.601. The number of ether oxygens (including phenoxy) is 2. The molecule has 1 unspecified atom stereocenters. The predicted molar refractivity (Wildman–Crippen MR) is 58.4 cm³/mol. The van der Waals surface area contributed by atoms with Crippen LogP contribution in [-0.2, 0) is 9.09 Å². The molecule has 0 saturated carbocycles. The molecule has 0 aliphatic carbocycles. The van der Waals surface area contributed by atoms with Gasteiger partial charge in [-0.3, -0.25) is 0 Å². The highest BCUT2D eigenvalue weighted by Gasteiger charge is 2.23. The van der Waals surface area contributed by atoms with Crippen molar-refractivity contribution in [3.63, 3.8) is 0 Å². The summed E-state index contributed by atoms with van der Waals surface area (Å²) in [5.74, 6) is 1.17. The van der Waals surface area contributed by atoms with E-state index in [1.54, 1.807) is 32.2 Å². The van der Waals surface area contributed by atoms with E-state index in [4.69, 9.17) is 14.0 Å². The van der Waals surface area contributed by atoms with Crippen LogP contribution in [0, 0.1) is 0 Å². The lowest BCUT2D eigenvalue weighted by molar-refractivity contribution is 0.352. The van der Waals surface area contributed by atoms with Gasteiger partial charge in [-0.25, -0.2) is 0 Å². The first-order valence-corrected chi connectivity index (χ1v) is 5.72. The highest BCUT2D eigenvalue weighted by atomic mass is 31.1. The number of hydrogen-bond acceptors (Lipinski definition) is 4. The van der Waals surface area contributed by atoms with Gasteiger partial charge < -0.3 is 9.47 Å². The Morgan fingerprint density at radius 3 is 2.40 bits per heavy atom. The van der Waals surface area contributed by atoms with E-state index in [1.165, 1.54) is 7.11 Å². The van der Waals surface area contributed by atoms with Crippen LogP contribution in [0.15, 0.2) is 18.2 Å². The molecule has 1 rings (SSSR count). The van der Waals surface area contributed by atoms with Crippen LogP contribution in [0.4, 0.5) is 0 Å². The SMILES string of the molecule is CCO[P+](=O)c1ccc(OC)c(OC)c1. The minimum absolute atomic E-state index is 0.420. The highest BCUT2D eigenvalue weighted by molar-refractivity contribution is 7.48. The fraction of sp³-hybridized carbons (Fsp3) is 0.400. The molecule has 1 aromatic carbocycles. The van der Waals surface area contributed by atoms with Crippen molar-refractivity contribution in [2.24, 2.45) is 0 Å². The molecule has 1 atom stereocenters. The molecule has 0 amide bonds. The van der Waals surface area contributed by atoms with Gasteiger partial charge in [0.25, 0.3) is 0 Å². The molecular formula is C10H14O4P+. The molecule has 5 heteroatoms. The molecule has 4 nitrogen and oxygen atoms in total. The zero-order chi connectivity index (χ0) is 11.3. The van der Waals surface area contributed by atoms with Gasteiger partial charge in [0.1, 0.15) is 6.61 Å². The molecular weight excluding hydrogens is 215 g/mol. The van der Waals surface area contributed by atoms with Crippen LogP contribution in [0.1, 0.15) is 6.92 Å². The zero-order valence-corrected chi connectivity index (χ0v) is 9.91. The second kappa shape index (κ2) is 5.69. The Balaban J connectivity index is 2.97. The zero-order valence-electron chi connectivity index (χ0n) is 9.02.